The maximum atomic E-state index is 11.7. The Bertz CT molecular complexity index is 519. The van der Waals surface area contributed by atoms with Crippen LogP contribution < -0.4 is 5.32 Å². The molecule has 1 aromatic carbocycles. The summed E-state index contributed by atoms with van der Waals surface area (Å²) in [5.74, 6) is -0.371. The highest BCUT2D eigenvalue weighted by molar-refractivity contribution is 5.89. The van der Waals surface area contributed by atoms with Gasteiger partial charge in [0.2, 0.25) is 0 Å². The monoisotopic (exact) mass is 323 g/mol. The van der Waals surface area contributed by atoms with Crippen molar-refractivity contribution in [1.82, 2.24) is 5.32 Å². The molecule has 0 heterocycles. The molecular formula is C17H25NO5. The summed E-state index contributed by atoms with van der Waals surface area (Å²) in [5, 5.41) is 12.0. The molecule has 0 aromatic heterocycles. The highest BCUT2D eigenvalue weighted by atomic mass is 16.6. The molecule has 0 fully saturated rings. The first kappa shape index (κ1) is 19.0. The van der Waals surface area contributed by atoms with Crippen molar-refractivity contribution < 1.29 is 24.2 Å². The fourth-order valence-corrected chi connectivity index (χ4v) is 1.91. The number of carbonyl (C=O) groups is 2. The fraction of sp³-hybridized carbons (Fsp3) is 0.529. The Kier molecular flexibility index (Phi) is 7.03. The van der Waals surface area contributed by atoms with Crippen molar-refractivity contribution in [3.05, 3.63) is 35.4 Å². The minimum Gasteiger partial charge on any atom is -0.462 e. The van der Waals surface area contributed by atoms with Gasteiger partial charge in [-0.05, 0) is 51.8 Å². The topological polar surface area (TPSA) is 84.9 Å². The first-order chi connectivity index (χ1) is 10.7. The summed E-state index contributed by atoms with van der Waals surface area (Å²) in [6.07, 6.45) is -0.140. The number of rotatable bonds is 6. The van der Waals surface area contributed by atoms with Gasteiger partial charge in [0.1, 0.15) is 5.60 Å². The van der Waals surface area contributed by atoms with Crippen LogP contribution in [0.3, 0.4) is 0 Å². The maximum absolute atomic E-state index is 11.7. The predicted octanol–water partition coefficient (Wildman–Crippen LogP) is 2.29. The van der Waals surface area contributed by atoms with E-state index in [1.54, 1.807) is 52.0 Å². The van der Waals surface area contributed by atoms with Crippen LogP contribution in [0.5, 0.6) is 0 Å². The highest BCUT2D eigenvalue weighted by Crippen LogP contribution is 2.10. The first-order valence-corrected chi connectivity index (χ1v) is 7.61. The number of amides is 1. The zero-order valence-corrected chi connectivity index (χ0v) is 14.1. The number of carbonyl (C=O) groups excluding carboxylic acids is 2. The van der Waals surface area contributed by atoms with Crippen molar-refractivity contribution in [3.63, 3.8) is 0 Å². The Hall–Kier alpha value is -2.08. The molecule has 1 atom stereocenters. The molecule has 6 nitrogen and oxygen atoms in total. The Balaban J connectivity index is 2.62. The van der Waals surface area contributed by atoms with Crippen LogP contribution >= 0.6 is 0 Å². The average molecular weight is 323 g/mol. The van der Waals surface area contributed by atoms with Gasteiger partial charge in [-0.3, -0.25) is 0 Å². The number of benzene rings is 1. The number of alkyl carbamates (subject to hydrolysis) is 1. The lowest BCUT2D eigenvalue weighted by molar-refractivity contribution is 0.0481. The summed E-state index contributed by atoms with van der Waals surface area (Å²) in [7, 11) is 0. The van der Waals surface area contributed by atoms with Crippen molar-refractivity contribution in [3.8, 4) is 0 Å². The standard InChI is InChI=1S/C17H25NO5/c1-5-22-15(20)13-8-6-12(7-9-13)10-14(11-19)18-16(21)23-17(2,3)4/h6-9,14,19H,5,10-11H2,1-4H3,(H,18,21)/t14-/m0/s1. The third kappa shape index (κ3) is 7.15. The van der Waals surface area contributed by atoms with E-state index < -0.39 is 17.7 Å². The van der Waals surface area contributed by atoms with Gasteiger partial charge in [-0.15, -0.1) is 0 Å². The second-order valence-corrected chi connectivity index (χ2v) is 6.15. The fourth-order valence-electron chi connectivity index (χ4n) is 1.91. The minimum atomic E-state index is -0.592. The molecule has 1 amide bonds. The van der Waals surface area contributed by atoms with Crippen molar-refractivity contribution in [2.45, 2.75) is 45.8 Å². The van der Waals surface area contributed by atoms with Crippen LogP contribution in [0, 0.1) is 0 Å². The largest absolute Gasteiger partial charge is 0.462 e. The van der Waals surface area contributed by atoms with Crippen molar-refractivity contribution in [2.75, 3.05) is 13.2 Å². The number of esters is 1. The SMILES string of the molecule is CCOC(=O)c1ccc(C[C@@H](CO)NC(=O)OC(C)(C)C)cc1. The maximum Gasteiger partial charge on any atom is 0.407 e. The average Bonchev–Trinajstić information content (AvgIpc) is 2.45. The van der Waals surface area contributed by atoms with Gasteiger partial charge >= 0.3 is 12.1 Å². The molecule has 2 N–H and O–H groups in total. The van der Waals surface area contributed by atoms with E-state index in [1.807, 2.05) is 0 Å². The lowest BCUT2D eigenvalue weighted by Gasteiger charge is -2.22. The number of hydrogen-bond acceptors (Lipinski definition) is 5. The van der Waals surface area contributed by atoms with Crippen LogP contribution in [0.15, 0.2) is 24.3 Å². The summed E-state index contributed by atoms with van der Waals surface area (Å²) >= 11 is 0. The Morgan fingerprint density at radius 2 is 1.83 bits per heavy atom. The van der Waals surface area contributed by atoms with E-state index in [-0.39, 0.29) is 12.6 Å². The lowest BCUT2D eigenvalue weighted by Crippen LogP contribution is -2.42. The van der Waals surface area contributed by atoms with Crippen LogP contribution in [0.4, 0.5) is 4.79 Å². The van der Waals surface area contributed by atoms with Gasteiger partial charge in [0.15, 0.2) is 0 Å². The number of aliphatic hydroxyl groups excluding tert-OH is 1. The van der Waals surface area contributed by atoms with Crippen molar-refractivity contribution in [2.24, 2.45) is 0 Å². The molecule has 0 saturated heterocycles. The molecule has 0 bridgehead atoms. The van der Waals surface area contributed by atoms with E-state index in [2.05, 4.69) is 5.32 Å². The van der Waals surface area contributed by atoms with E-state index in [9.17, 15) is 14.7 Å². The van der Waals surface area contributed by atoms with Crippen molar-refractivity contribution >= 4 is 12.1 Å². The summed E-state index contributed by atoms with van der Waals surface area (Å²) in [4.78, 5) is 23.3. The molecule has 0 aliphatic rings. The third-order valence-electron chi connectivity index (χ3n) is 2.89. The second kappa shape index (κ2) is 8.53. The Morgan fingerprint density at radius 1 is 1.22 bits per heavy atom. The van der Waals surface area contributed by atoms with Crippen molar-refractivity contribution in [1.29, 1.82) is 0 Å². The molecule has 0 aliphatic carbocycles. The van der Waals surface area contributed by atoms with E-state index in [0.29, 0.717) is 18.6 Å². The molecule has 0 spiro atoms. The van der Waals surface area contributed by atoms with E-state index in [0.717, 1.165) is 5.56 Å². The third-order valence-corrected chi connectivity index (χ3v) is 2.89. The molecular weight excluding hydrogens is 298 g/mol. The van der Waals surface area contributed by atoms with Gasteiger partial charge < -0.3 is 19.9 Å². The number of nitrogens with one attached hydrogen (secondary N) is 1. The smallest absolute Gasteiger partial charge is 0.407 e. The van der Waals surface area contributed by atoms with Gasteiger partial charge in [0.05, 0.1) is 24.8 Å². The van der Waals surface area contributed by atoms with Gasteiger partial charge in [-0.1, -0.05) is 12.1 Å². The quantitative estimate of drug-likeness (QED) is 0.785. The molecule has 23 heavy (non-hydrogen) atoms. The Morgan fingerprint density at radius 3 is 2.30 bits per heavy atom. The normalized spacial score (nSPS) is 12.4. The number of aliphatic hydroxyl groups is 1. The molecule has 0 radical (unpaired) electrons. The van der Waals surface area contributed by atoms with Gasteiger partial charge in [-0.25, -0.2) is 9.59 Å². The van der Waals surface area contributed by atoms with E-state index in [4.69, 9.17) is 9.47 Å². The molecule has 0 aliphatic heterocycles. The lowest BCUT2D eigenvalue weighted by atomic mass is 10.0. The predicted molar refractivity (Wildman–Crippen MR) is 86.3 cm³/mol. The van der Waals surface area contributed by atoms with Crippen LogP contribution in [-0.2, 0) is 15.9 Å². The van der Waals surface area contributed by atoms with Gasteiger partial charge in [0, 0.05) is 0 Å². The number of ether oxygens (including phenoxy) is 2. The summed E-state index contributed by atoms with van der Waals surface area (Å²) < 4.78 is 10.1. The molecule has 1 aromatic rings. The summed E-state index contributed by atoms with van der Waals surface area (Å²) in [6, 6.07) is 6.40. The summed E-state index contributed by atoms with van der Waals surface area (Å²) in [6.45, 7) is 7.18. The van der Waals surface area contributed by atoms with Crippen LogP contribution in [0.25, 0.3) is 0 Å². The molecule has 128 valence electrons. The Labute approximate surface area is 136 Å². The van der Waals surface area contributed by atoms with Crippen LogP contribution in [0.2, 0.25) is 0 Å². The second-order valence-electron chi connectivity index (χ2n) is 6.15. The highest BCUT2D eigenvalue weighted by Gasteiger charge is 2.19. The molecule has 0 unspecified atom stereocenters. The van der Waals surface area contributed by atoms with Gasteiger partial charge in [-0.2, -0.15) is 0 Å². The van der Waals surface area contributed by atoms with E-state index in [1.165, 1.54) is 0 Å². The molecule has 0 saturated carbocycles. The minimum absolute atomic E-state index is 0.209. The molecule has 1 rings (SSSR count). The zero-order valence-electron chi connectivity index (χ0n) is 14.1. The van der Waals surface area contributed by atoms with Gasteiger partial charge in [0.25, 0.3) is 0 Å². The summed E-state index contributed by atoms with van der Waals surface area (Å²) in [5.41, 5.74) is 0.759. The van der Waals surface area contributed by atoms with E-state index >= 15 is 0 Å². The first-order valence-electron chi connectivity index (χ1n) is 7.61. The molecule has 6 heteroatoms. The van der Waals surface area contributed by atoms with Crippen LogP contribution in [0.1, 0.15) is 43.6 Å². The number of hydrogen-bond donors (Lipinski definition) is 2. The van der Waals surface area contributed by atoms with Crippen LogP contribution in [-0.4, -0.2) is 42.0 Å². The zero-order chi connectivity index (χ0) is 17.5.